The van der Waals surface area contributed by atoms with Gasteiger partial charge in [0.15, 0.2) is 5.65 Å². The van der Waals surface area contributed by atoms with Crippen LogP contribution in [0.1, 0.15) is 19.3 Å². The van der Waals surface area contributed by atoms with Crippen LogP contribution >= 0.6 is 0 Å². The average Bonchev–Trinajstić information content (AvgIpc) is 3.22. The summed E-state index contributed by atoms with van der Waals surface area (Å²) in [5, 5.41) is 5.40. The zero-order valence-corrected chi connectivity index (χ0v) is 13.9. The van der Waals surface area contributed by atoms with Crippen LogP contribution in [-0.2, 0) is 16.6 Å². The highest BCUT2D eigenvalue weighted by Gasteiger charge is 2.39. The van der Waals surface area contributed by atoms with Gasteiger partial charge in [0.25, 0.3) is 0 Å². The quantitative estimate of drug-likeness (QED) is 0.910. The molecule has 0 spiro atoms. The maximum absolute atomic E-state index is 11.6. The smallest absolute Gasteiger partial charge is 0.223 e. The highest BCUT2D eigenvalue weighted by molar-refractivity contribution is 5.89. The summed E-state index contributed by atoms with van der Waals surface area (Å²) in [4.78, 5) is 18.4. The van der Waals surface area contributed by atoms with Gasteiger partial charge in [0.1, 0.15) is 0 Å². The molecule has 4 heterocycles. The summed E-state index contributed by atoms with van der Waals surface area (Å²) in [6.07, 6.45) is 6.51. The number of fused-ring (bicyclic) bond motifs is 1. The number of anilines is 1. The molecule has 0 unspecified atom stereocenters. The Bertz CT molecular complexity index is 751. The molecular weight excluding hydrogens is 306 g/mol. The molecule has 0 saturated carbocycles. The Morgan fingerprint density at radius 3 is 2.88 bits per heavy atom. The highest BCUT2D eigenvalue weighted by Crippen LogP contribution is 2.35. The molecule has 0 radical (unpaired) electrons. The Morgan fingerprint density at radius 2 is 2.12 bits per heavy atom. The molecule has 2 aromatic heterocycles. The SMILES string of the molecule is Cn1ncc2c(N3CCC([C@H]4OCC[C@@H]4C(N)=O)CC3)ccnc21. The summed E-state index contributed by atoms with van der Waals surface area (Å²) in [6, 6.07) is 2.06. The standard InChI is InChI=1S/C17H23N5O2/c1-21-17-13(10-20-21)14(2-6-19-17)22-7-3-11(4-8-22)15-12(16(18)23)5-9-24-15/h2,6,10-12,15H,3-5,7-9H2,1H3,(H2,18,23)/t12-,15+/m0/s1. The number of amides is 1. The fourth-order valence-electron chi connectivity index (χ4n) is 4.16. The Balaban J connectivity index is 1.49. The molecule has 2 aliphatic rings. The number of hydrogen-bond acceptors (Lipinski definition) is 5. The van der Waals surface area contributed by atoms with Crippen LogP contribution in [0.2, 0.25) is 0 Å². The summed E-state index contributed by atoms with van der Waals surface area (Å²) >= 11 is 0. The Labute approximate surface area is 140 Å². The third-order valence-corrected chi connectivity index (χ3v) is 5.46. The van der Waals surface area contributed by atoms with Crippen LogP contribution in [0.15, 0.2) is 18.5 Å². The predicted molar refractivity (Wildman–Crippen MR) is 90.5 cm³/mol. The second-order valence-electron chi connectivity index (χ2n) is 6.79. The molecule has 2 fully saturated rings. The van der Waals surface area contributed by atoms with Gasteiger partial charge in [-0.15, -0.1) is 0 Å². The lowest BCUT2D eigenvalue weighted by Crippen LogP contribution is -2.42. The topological polar surface area (TPSA) is 86.3 Å². The molecule has 4 rings (SSSR count). The molecule has 0 aromatic carbocycles. The maximum Gasteiger partial charge on any atom is 0.223 e. The fraction of sp³-hybridized carbons (Fsp3) is 0.588. The Hall–Kier alpha value is -2.15. The van der Waals surface area contributed by atoms with Crippen molar-refractivity contribution in [2.45, 2.75) is 25.4 Å². The maximum atomic E-state index is 11.6. The van der Waals surface area contributed by atoms with Gasteiger partial charge in [-0.25, -0.2) is 4.98 Å². The van der Waals surface area contributed by atoms with Gasteiger partial charge < -0.3 is 15.4 Å². The van der Waals surface area contributed by atoms with E-state index in [2.05, 4.69) is 21.0 Å². The lowest BCUT2D eigenvalue weighted by molar-refractivity contribution is -0.124. The van der Waals surface area contributed by atoms with Crippen LogP contribution in [0.5, 0.6) is 0 Å². The summed E-state index contributed by atoms with van der Waals surface area (Å²) < 4.78 is 7.64. The molecule has 2 aliphatic heterocycles. The number of aryl methyl sites for hydroxylation is 1. The van der Waals surface area contributed by atoms with Crippen molar-refractivity contribution >= 4 is 22.6 Å². The number of pyridine rings is 1. The minimum Gasteiger partial charge on any atom is -0.377 e. The molecule has 0 aliphatic carbocycles. The largest absolute Gasteiger partial charge is 0.377 e. The normalized spacial score (nSPS) is 25.5. The van der Waals surface area contributed by atoms with Crippen LogP contribution in [0.4, 0.5) is 5.69 Å². The van der Waals surface area contributed by atoms with E-state index in [1.165, 1.54) is 5.69 Å². The molecule has 2 N–H and O–H groups in total. The molecule has 2 aromatic rings. The number of primary amides is 1. The van der Waals surface area contributed by atoms with E-state index in [0.29, 0.717) is 12.5 Å². The number of piperidine rings is 1. The molecule has 2 saturated heterocycles. The summed E-state index contributed by atoms with van der Waals surface area (Å²) in [5.41, 5.74) is 7.62. The van der Waals surface area contributed by atoms with Crippen molar-refractivity contribution in [2.75, 3.05) is 24.6 Å². The van der Waals surface area contributed by atoms with Crippen molar-refractivity contribution < 1.29 is 9.53 Å². The van der Waals surface area contributed by atoms with Crippen molar-refractivity contribution in [3.63, 3.8) is 0 Å². The number of carbonyl (C=O) groups excluding carboxylic acids is 1. The fourth-order valence-corrected chi connectivity index (χ4v) is 4.16. The molecular formula is C17H23N5O2. The third-order valence-electron chi connectivity index (χ3n) is 5.46. The third kappa shape index (κ3) is 2.53. The van der Waals surface area contributed by atoms with E-state index in [1.54, 1.807) is 4.68 Å². The second kappa shape index (κ2) is 6.05. The lowest BCUT2D eigenvalue weighted by Gasteiger charge is -2.37. The average molecular weight is 329 g/mol. The molecule has 128 valence electrons. The number of aromatic nitrogens is 3. The van der Waals surface area contributed by atoms with Crippen LogP contribution < -0.4 is 10.6 Å². The number of nitrogens with zero attached hydrogens (tertiary/aromatic N) is 4. The van der Waals surface area contributed by atoms with Gasteiger partial charge >= 0.3 is 0 Å². The number of carbonyl (C=O) groups is 1. The predicted octanol–water partition coefficient (Wildman–Crippen LogP) is 1.08. The van der Waals surface area contributed by atoms with E-state index < -0.39 is 0 Å². The first kappa shape index (κ1) is 15.4. The first-order valence-electron chi connectivity index (χ1n) is 8.57. The first-order chi connectivity index (χ1) is 11.6. The zero-order chi connectivity index (χ0) is 16.7. The van der Waals surface area contributed by atoms with Gasteiger partial charge in [0.2, 0.25) is 5.91 Å². The van der Waals surface area contributed by atoms with E-state index in [4.69, 9.17) is 10.5 Å². The van der Waals surface area contributed by atoms with E-state index in [0.717, 1.165) is 43.4 Å². The van der Waals surface area contributed by atoms with Gasteiger partial charge in [-0.3, -0.25) is 9.48 Å². The van der Waals surface area contributed by atoms with Gasteiger partial charge in [0, 0.05) is 32.9 Å². The van der Waals surface area contributed by atoms with Crippen LogP contribution in [0, 0.1) is 11.8 Å². The van der Waals surface area contributed by atoms with Crippen molar-refractivity contribution in [1.29, 1.82) is 0 Å². The minimum absolute atomic E-state index is 0.000464. The summed E-state index contributed by atoms with van der Waals surface area (Å²) in [5.74, 6) is 0.0751. The Kier molecular flexibility index (Phi) is 3.88. The molecule has 7 heteroatoms. The molecule has 1 amide bonds. The molecule has 2 atom stereocenters. The van der Waals surface area contributed by atoms with E-state index in [1.807, 2.05) is 19.4 Å². The number of nitrogens with two attached hydrogens (primary N) is 1. The number of hydrogen-bond donors (Lipinski definition) is 1. The summed E-state index contributed by atoms with van der Waals surface area (Å²) in [7, 11) is 1.91. The van der Waals surface area contributed by atoms with Crippen molar-refractivity contribution in [3.8, 4) is 0 Å². The highest BCUT2D eigenvalue weighted by atomic mass is 16.5. The zero-order valence-electron chi connectivity index (χ0n) is 13.9. The molecule has 0 bridgehead atoms. The van der Waals surface area contributed by atoms with Crippen LogP contribution in [0.3, 0.4) is 0 Å². The first-order valence-corrected chi connectivity index (χ1v) is 8.57. The van der Waals surface area contributed by atoms with Gasteiger partial charge in [0.05, 0.1) is 29.3 Å². The van der Waals surface area contributed by atoms with Crippen molar-refractivity contribution in [1.82, 2.24) is 14.8 Å². The van der Waals surface area contributed by atoms with Crippen LogP contribution in [-0.4, -0.2) is 46.5 Å². The van der Waals surface area contributed by atoms with E-state index in [-0.39, 0.29) is 17.9 Å². The van der Waals surface area contributed by atoms with E-state index in [9.17, 15) is 4.79 Å². The minimum atomic E-state index is -0.217. The number of ether oxygens (including phenoxy) is 1. The van der Waals surface area contributed by atoms with Crippen molar-refractivity contribution in [3.05, 3.63) is 18.5 Å². The second-order valence-corrected chi connectivity index (χ2v) is 6.79. The van der Waals surface area contributed by atoms with Gasteiger partial charge in [-0.1, -0.05) is 0 Å². The lowest BCUT2D eigenvalue weighted by atomic mass is 9.84. The van der Waals surface area contributed by atoms with E-state index >= 15 is 0 Å². The molecule has 7 nitrogen and oxygen atoms in total. The van der Waals surface area contributed by atoms with Crippen molar-refractivity contribution in [2.24, 2.45) is 24.6 Å². The number of rotatable bonds is 3. The monoisotopic (exact) mass is 329 g/mol. The van der Waals surface area contributed by atoms with Crippen LogP contribution in [0.25, 0.3) is 11.0 Å². The van der Waals surface area contributed by atoms with Gasteiger partial charge in [-0.2, -0.15) is 5.10 Å². The Morgan fingerprint density at radius 1 is 1.33 bits per heavy atom. The van der Waals surface area contributed by atoms with Gasteiger partial charge in [-0.05, 0) is 31.2 Å². The summed E-state index contributed by atoms with van der Waals surface area (Å²) in [6.45, 7) is 2.55. The molecule has 24 heavy (non-hydrogen) atoms.